The first-order valence-electron chi connectivity index (χ1n) is 7.30. The normalized spacial score (nSPS) is 12.2. The van der Waals surface area contributed by atoms with Crippen molar-refractivity contribution in [3.63, 3.8) is 0 Å². The van der Waals surface area contributed by atoms with Gasteiger partial charge in [-0.3, -0.25) is 0 Å². The van der Waals surface area contributed by atoms with E-state index in [1.54, 1.807) is 24.1 Å². The Morgan fingerprint density at radius 3 is 2.54 bits per heavy atom. The molecule has 2 aromatic rings. The van der Waals surface area contributed by atoms with Crippen LogP contribution < -0.4 is 14.8 Å². The third kappa shape index (κ3) is 3.52. The van der Waals surface area contributed by atoms with Gasteiger partial charge in [-0.2, -0.15) is 0 Å². The quantitative estimate of drug-likeness (QED) is 0.856. The van der Waals surface area contributed by atoms with Crippen molar-refractivity contribution in [2.24, 2.45) is 0 Å². The number of carbonyl (C=O) groups excluding carboxylic acids is 1. The van der Waals surface area contributed by atoms with Crippen LogP contribution in [-0.4, -0.2) is 24.8 Å². The molecule has 3 rings (SSSR count). The number of urea groups is 1. The summed E-state index contributed by atoms with van der Waals surface area (Å²) in [5.74, 6) is 1.41. The summed E-state index contributed by atoms with van der Waals surface area (Å²) in [6.45, 7) is 2.47. The topological polar surface area (TPSA) is 50.8 Å². The number of hydrogen-bond donors (Lipinski definition) is 1. The summed E-state index contributed by atoms with van der Waals surface area (Å²) in [4.78, 5) is 13.9. The van der Waals surface area contributed by atoms with Crippen molar-refractivity contribution in [3.05, 3.63) is 51.5 Å². The fourth-order valence-corrected chi connectivity index (χ4v) is 2.81. The van der Waals surface area contributed by atoms with E-state index < -0.39 is 0 Å². The second-order valence-corrected chi connectivity index (χ2v) is 6.35. The number of hydrogen-bond acceptors (Lipinski definition) is 3. The smallest absolute Gasteiger partial charge is 0.321 e. The van der Waals surface area contributed by atoms with Crippen LogP contribution in [0.4, 0.5) is 10.5 Å². The van der Waals surface area contributed by atoms with Gasteiger partial charge in [0.15, 0.2) is 11.5 Å². The summed E-state index contributed by atoms with van der Waals surface area (Å²) < 4.78 is 10.6. The SMILES string of the molecule is Cc1c(Cl)cc(NC(=O)N(C)Cc2ccc3c(c2)OCO3)cc1Cl. The van der Waals surface area contributed by atoms with E-state index in [0.717, 1.165) is 16.9 Å². The average Bonchev–Trinajstić information content (AvgIpc) is 3.00. The van der Waals surface area contributed by atoms with Crippen molar-refractivity contribution in [3.8, 4) is 11.5 Å². The summed E-state index contributed by atoms with van der Waals surface area (Å²) in [5.41, 5.74) is 2.28. The minimum atomic E-state index is -0.261. The molecule has 24 heavy (non-hydrogen) atoms. The zero-order valence-corrected chi connectivity index (χ0v) is 14.7. The van der Waals surface area contributed by atoms with Gasteiger partial charge >= 0.3 is 6.03 Å². The molecule has 1 N–H and O–H groups in total. The Labute approximate surface area is 150 Å². The third-order valence-corrected chi connectivity index (χ3v) is 4.52. The van der Waals surface area contributed by atoms with E-state index in [-0.39, 0.29) is 12.8 Å². The molecule has 0 aromatic heterocycles. The Bertz CT molecular complexity index is 772. The molecule has 2 aromatic carbocycles. The molecular formula is C17H16Cl2N2O3. The number of amides is 2. The summed E-state index contributed by atoms with van der Waals surface area (Å²) in [6.07, 6.45) is 0. The highest BCUT2D eigenvalue weighted by Gasteiger charge is 2.16. The van der Waals surface area contributed by atoms with Crippen LogP contribution in [0.2, 0.25) is 10.0 Å². The lowest BCUT2D eigenvalue weighted by molar-refractivity contribution is 0.174. The van der Waals surface area contributed by atoms with E-state index in [1.165, 1.54) is 0 Å². The van der Waals surface area contributed by atoms with Gasteiger partial charge in [-0.25, -0.2) is 4.79 Å². The molecule has 0 aliphatic carbocycles. The van der Waals surface area contributed by atoms with E-state index in [2.05, 4.69) is 5.32 Å². The van der Waals surface area contributed by atoms with Gasteiger partial charge in [0.05, 0.1) is 0 Å². The number of nitrogens with zero attached hydrogens (tertiary/aromatic N) is 1. The van der Waals surface area contributed by atoms with E-state index >= 15 is 0 Å². The van der Waals surface area contributed by atoms with Crippen LogP contribution in [-0.2, 0) is 6.54 Å². The average molecular weight is 367 g/mol. The maximum absolute atomic E-state index is 12.3. The standard InChI is InChI=1S/C17H16Cl2N2O3/c1-10-13(18)6-12(7-14(10)19)20-17(22)21(2)8-11-3-4-15-16(5-11)24-9-23-15/h3-7H,8-9H2,1-2H3,(H,20,22). The monoisotopic (exact) mass is 366 g/mol. The molecule has 7 heteroatoms. The zero-order chi connectivity index (χ0) is 17.3. The highest BCUT2D eigenvalue weighted by Crippen LogP contribution is 2.33. The van der Waals surface area contributed by atoms with Gasteiger partial charge < -0.3 is 19.7 Å². The summed E-state index contributed by atoms with van der Waals surface area (Å²) in [6, 6.07) is 8.69. The largest absolute Gasteiger partial charge is 0.454 e. The summed E-state index contributed by atoms with van der Waals surface area (Å²) in [7, 11) is 1.71. The van der Waals surface area contributed by atoms with Crippen LogP contribution in [0, 0.1) is 6.92 Å². The first-order valence-corrected chi connectivity index (χ1v) is 8.06. The van der Waals surface area contributed by atoms with Crippen LogP contribution in [0.15, 0.2) is 30.3 Å². The molecule has 0 saturated carbocycles. The number of benzene rings is 2. The Morgan fingerprint density at radius 1 is 1.17 bits per heavy atom. The molecule has 0 spiro atoms. The van der Waals surface area contributed by atoms with Gasteiger partial charge in [-0.05, 0) is 42.3 Å². The lowest BCUT2D eigenvalue weighted by Gasteiger charge is -2.19. The maximum Gasteiger partial charge on any atom is 0.321 e. The van der Waals surface area contributed by atoms with Gasteiger partial charge in [0, 0.05) is 29.3 Å². The predicted octanol–water partition coefficient (Wildman–Crippen LogP) is 4.69. The maximum atomic E-state index is 12.3. The molecule has 1 heterocycles. The first-order chi connectivity index (χ1) is 11.4. The molecule has 0 atom stereocenters. The van der Waals surface area contributed by atoms with Crippen LogP contribution in [0.25, 0.3) is 0 Å². The van der Waals surface area contributed by atoms with E-state index in [4.69, 9.17) is 32.7 Å². The molecule has 0 bridgehead atoms. The van der Waals surface area contributed by atoms with Crippen LogP contribution in [0.5, 0.6) is 11.5 Å². The number of halogens is 2. The minimum absolute atomic E-state index is 0.226. The van der Waals surface area contributed by atoms with Gasteiger partial charge in [-0.15, -0.1) is 0 Å². The molecule has 0 fully saturated rings. The molecular weight excluding hydrogens is 351 g/mol. The lowest BCUT2D eigenvalue weighted by Crippen LogP contribution is -2.30. The Morgan fingerprint density at radius 2 is 1.83 bits per heavy atom. The number of nitrogens with one attached hydrogen (secondary N) is 1. The van der Waals surface area contributed by atoms with Crippen LogP contribution in [0.1, 0.15) is 11.1 Å². The van der Waals surface area contributed by atoms with E-state index in [0.29, 0.717) is 28.0 Å². The number of ether oxygens (including phenoxy) is 2. The summed E-state index contributed by atoms with van der Waals surface area (Å²) >= 11 is 12.2. The number of anilines is 1. The predicted molar refractivity (Wildman–Crippen MR) is 94.2 cm³/mol. The molecule has 126 valence electrons. The lowest BCUT2D eigenvalue weighted by atomic mass is 10.2. The number of fused-ring (bicyclic) bond motifs is 1. The van der Waals surface area contributed by atoms with Crippen molar-refractivity contribution >= 4 is 34.9 Å². The Hall–Kier alpha value is -2.11. The van der Waals surface area contributed by atoms with Crippen molar-refractivity contribution in [2.75, 3.05) is 19.2 Å². The van der Waals surface area contributed by atoms with Gasteiger partial charge in [0.25, 0.3) is 0 Å². The van der Waals surface area contributed by atoms with Crippen molar-refractivity contribution in [1.82, 2.24) is 4.90 Å². The van der Waals surface area contributed by atoms with Crippen LogP contribution in [0.3, 0.4) is 0 Å². The fourth-order valence-electron chi connectivity index (χ4n) is 2.32. The van der Waals surface area contributed by atoms with Gasteiger partial charge in [-0.1, -0.05) is 29.3 Å². The fraction of sp³-hybridized carbons (Fsp3) is 0.235. The number of rotatable bonds is 3. The van der Waals surface area contributed by atoms with Crippen LogP contribution >= 0.6 is 23.2 Å². The minimum Gasteiger partial charge on any atom is -0.454 e. The highest BCUT2D eigenvalue weighted by molar-refractivity contribution is 6.36. The second-order valence-electron chi connectivity index (χ2n) is 5.54. The second kappa shape index (κ2) is 6.79. The van der Waals surface area contributed by atoms with Gasteiger partial charge in [0.1, 0.15) is 0 Å². The van der Waals surface area contributed by atoms with E-state index in [9.17, 15) is 4.79 Å². The highest BCUT2D eigenvalue weighted by atomic mass is 35.5. The Kier molecular flexibility index (Phi) is 4.73. The Balaban J connectivity index is 1.67. The molecule has 1 aliphatic heterocycles. The first kappa shape index (κ1) is 16.7. The van der Waals surface area contributed by atoms with Gasteiger partial charge in [0.2, 0.25) is 6.79 Å². The molecule has 0 unspecified atom stereocenters. The van der Waals surface area contributed by atoms with Crippen molar-refractivity contribution < 1.29 is 14.3 Å². The molecule has 0 saturated heterocycles. The molecule has 2 amide bonds. The zero-order valence-electron chi connectivity index (χ0n) is 13.2. The number of carbonyl (C=O) groups is 1. The van der Waals surface area contributed by atoms with Crippen molar-refractivity contribution in [2.45, 2.75) is 13.5 Å². The molecule has 0 radical (unpaired) electrons. The van der Waals surface area contributed by atoms with Crippen molar-refractivity contribution in [1.29, 1.82) is 0 Å². The summed E-state index contributed by atoms with van der Waals surface area (Å²) in [5, 5.41) is 3.81. The van der Waals surface area contributed by atoms with E-state index in [1.807, 2.05) is 25.1 Å². The molecule has 1 aliphatic rings. The molecule has 5 nitrogen and oxygen atoms in total. The third-order valence-electron chi connectivity index (χ3n) is 3.74.